The number of carbonyl (C=O) groups is 1. The predicted octanol–water partition coefficient (Wildman–Crippen LogP) is 3.00. The predicted molar refractivity (Wildman–Crippen MR) is 97.2 cm³/mol. The highest BCUT2D eigenvalue weighted by atomic mass is 16.5. The first-order valence-corrected chi connectivity index (χ1v) is 8.13. The minimum atomic E-state index is -0.270. The first kappa shape index (κ1) is 18.0. The Morgan fingerprint density at radius 3 is 2.25 bits per heavy atom. The molecule has 0 spiro atoms. The smallest absolute Gasteiger partial charge is 0.244 e. The molecule has 0 aliphatic heterocycles. The fourth-order valence-corrected chi connectivity index (χ4v) is 2.81. The van der Waals surface area contributed by atoms with E-state index in [9.17, 15) is 4.79 Å². The number of carbonyl (C=O) groups excluding carboxylic acids is 1. The van der Waals surface area contributed by atoms with Crippen LogP contribution in [0.2, 0.25) is 0 Å². The maximum atomic E-state index is 12.9. The van der Waals surface area contributed by atoms with Crippen LogP contribution in [-0.4, -0.2) is 50.5 Å². The third kappa shape index (κ3) is 4.36. The van der Waals surface area contributed by atoms with Crippen LogP contribution >= 0.6 is 0 Å². The molecule has 0 heterocycles. The van der Waals surface area contributed by atoms with Crippen LogP contribution in [0.5, 0.6) is 5.75 Å². The molecule has 0 saturated heterocycles. The van der Waals surface area contributed by atoms with E-state index in [-0.39, 0.29) is 11.9 Å². The van der Waals surface area contributed by atoms with E-state index < -0.39 is 0 Å². The Balaban J connectivity index is 2.07. The Labute approximate surface area is 144 Å². The standard InChI is InChI=1S/C20H26N2O2/c1-21(2)19(17-11-6-5-7-12-17)20(23)22(3)15-14-16-10-8-9-13-18(16)24-4/h5-13,19H,14-15H2,1-4H3. The molecular formula is C20H26N2O2. The second-order valence-electron chi connectivity index (χ2n) is 6.10. The second kappa shape index (κ2) is 8.50. The number of likely N-dealkylation sites (N-methyl/N-ethyl adjacent to an activating group) is 2. The van der Waals surface area contributed by atoms with Crippen LogP contribution in [0.1, 0.15) is 17.2 Å². The van der Waals surface area contributed by atoms with Gasteiger partial charge in [-0.2, -0.15) is 0 Å². The topological polar surface area (TPSA) is 32.8 Å². The lowest BCUT2D eigenvalue weighted by Gasteiger charge is -2.28. The molecule has 0 N–H and O–H groups in total. The van der Waals surface area contributed by atoms with Gasteiger partial charge in [-0.05, 0) is 37.7 Å². The van der Waals surface area contributed by atoms with Gasteiger partial charge in [0.05, 0.1) is 7.11 Å². The average Bonchev–Trinajstić information content (AvgIpc) is 2.60. The molecule has 4 nitrogen and oxygen atoms in total. The zero-order chi connectivity index (χ0) is 17.5. The number of hydrogen-bond acceptors (Lipinski definition) is 3. The summed E-state index contributed by atoms with van der Waals surface area (Å²) in [5.74, 6) is 0.965. The number of hydrogen-bond donors (Lipinski definition) is 0. The average molecular weight is 326 g/mol. The van der Waals surface area contributed by atoms with Crippen molar-refractivity contribution in [2.24, 2.45) is 0 Å². The Morgan fingerprint density at radius 1 is 1.00 bits per heavy atom. The molecular weight excluding hydrogens is 300 g/mol. The molecule has 1 amide bonds. The molecule has 0 saturated carbocycles. The summed E-state index contributed by atoms with van der Waals surface area (Å²) in [6, 6.07) is 17.6. The fourth-order valence-electron chi connectivity index (χ4n) is 2.81. The van der Waals surface area contributed by atoms with Crippen LogP contribution in [0.25, 0.3) is 0 Å². The first-order valence-electron chi connectivity index (χ1n) is 8.13. The molecule has 1 atom stereocenters. The van der Waals surface area contributed by atoms with Gasteiger partial charge >= 0.3 is 0 Å². The largest absolute Gasteiger partial charge is 0.496 e. The third-order valence-corrected chi connectivity index (χ3v) is 4.15. The fraction of sp³-hybridized carbons (Fsp3) is 0.350. The Hall–Kier alpha value is -2.33. The van der Waals surface area contributed by atoms with Crippen LogP contribution in [-0.2, 0) is 11.2 Å². The van der Waals surface area contributed by atoms with Crippen molar-refractivity contribution in [3.05, 3.63) is 65.7 Å². The lowest BCUT2D eigenvalue weighted by molar-refractivity contribution is -0.135. The molecule has 2 rings (SSSR count). The molecule has 0 bridgehead atoms. The highest BCUT2D eigenvalue weighted by Gasteiger charge is 2.25. The molecule has 0 aromatic heterocycles. The van der Waals surface area contributed by atoms with Crippen LogP contribution in [0.4, 0.5) is 0 Å². The highest BCUT2D eigenvalue weighted by Crippen LogP contribution is 2.22. The van der Waals surface area contributed by atoms with Crippen LogP contribution in [0.3, 0.4) is 0 Å². The number of para-hydroxylation sites is 1. The van der Waals surface area contributed by atoms with E-state index in [0.717, 1.165) is 23.3 Å². The van der Waals surface area contributed by atoms with E-state index in [0.29, 0.717) is 6.54 Å². The summed E-state index contributed by atoms with van der Waals surface area (Å²) in [7, 11) is 7.40. The van der Waals surface area contributed by atoms with Crippen LogP contribution in [0, 0.1) is 0 Å². The van der Waals surface area contributed by atoms with Gasteiger partial charge in [0, 0.05) is 13.6 Å². The third-order valence-electron chi connectivity index (χ3n) is 4.15. The molecule has 0 radical (unpaired) electrons. The van der Waals surface area contributed by atoms with Gasteiger partial charge in [0.25, 0.3) is 0 Å². The molecule has 0 fully saturated rings. The summed E-state index contributed by atoms with van der Waals surface area (Å²) >= 11 is 0. The molecule has 2 aromatic carbocycles. The van der Waals surface area contributed by atoms with Gasteiger partial charge in [0.2, 0.25) is 5.91 Å². The summed E-state index contributed by atoms with van der Waals surface area (Å²) in [6.07, 6.45) is 0.765. The number of benzene rings is 2. The van der Waals surface area contributed by atoms with Gasteiger partial charge in [-0.3, -0.25) is 9.69 Å². The zero-order valence-corrected chi connectivity index (χ0v) is 14.9. The quantitative estimate of drug-likeness (QED) is 0.784. The number of ether oxygens (including phenoxy) is 1. The van der Waals surface area contributed by atoms with Crippen molar-refractivity contribution in [2.45, 2.75) is 12.5 Å². The summed E-state index contributed by atoms with van der Waals surface area (Å²) < 4.78 is 5.38. The maximum absolute atomic E-state index is 12.9. The second-order valence-corrected chi connectivity index (χ2v) is 6.10. The van der Waals surface area contributed by atoms with Crippen molar-refractivity contribution in [3.8, 4) is 5.75 Å². The Bertz CT molecular complexity index is 656. The molecule has 1 unspecified atom stereocenters. The van der Waals surface area contributed by atoms with Crippen LogP contribution < -0.4 is 4.74 Å². The van der Waals surface area contributed by atoms with Crippen molar-refractivity contribution in [1.82, 2.24) is 9.80 Å². The van der Waals surface area contributed by atoms with Crippen molar-refractivity contribution in [1.29, 1.82) is 0 Å². The van der Waals surface area contributed by atoms with Gasteiger partial charge < -0.3 is 9.64 Å². The summed E-state index contributed by atoms with van der Waals surface area (Å²) in [5, 5.41) is 0. The van der Waals surface area contributed by atoms with E-state index in [2.05, 4.69) is 0 Å². The van der Waals surface area contributed by atoms with Gasteiger partial charge in [-0.1, -0.05) is 48.5 Å². The number of rotatable bonds is 7. The van der Waals surface area contributed by atoms with Crippen LogP contribution in [0.15, 0.2) is 54.6 Å². The van der Waals surface area contributed by atoms with Gasteiger partial charge in [0.1, 0.15) is 11.8 Å². The number of amides is 1. The molecule has 4 heteroatoms. The lowest BCUT2D eigenvalue weighted by atomic mass is 10.0. The van der Waals surface area contributed by atoms with E-state index in [1.807, 2.05) is 80.6 Å². The summed E-state index contributed by atoms with van der Waals surface area (Å²) in [5.41, 5.74) is 2.12. The zero-order valence-electron chi connectivity index (χ0n) is 14.9. The number of nitrogens with zero attached hydrogens (tertiary/aromatic N) is 2. The summed E-state index contributed by atoms with van der Waals surface area (Å²) in [6.45, 7) is 0.649. The van der Waals surface area contributed by atoms with Crippen molar-refractivity contribution in [3.63, 3.8) is 0 Å². The minimum absolute atomic E-state index is 0.0982. The maximum Gasteiger partial charge on any atom is 0.244 e. The van der Waals surface area contributed by atoms with Crippen molar-refractivity contribution < 1.29 is 9.53 Å². The van der Waals surface area contributed by atoms with E-state index in [4.69, 9.17) is 4.74 Å². The SMILES string of the molecule is COc1ccccc1CCN(C)C(=O)C(c1ccccc1)N(C)C. The monoisotopic (exact) mass is 326 g/mol. The van der Waals surface area contributed by atoms with E-state index >= 15 is 0 Å². The normalized spacial score (nSPS) is 12.0. The van der Waals surface area contributed by atoms with E-state index in [1.54, 1.807) is 12.0 Å². The molecule has 128 valence electrons. The molecule has 24 heavy (non-hydrogen) atoms. The summed E-state index contributed by atoms with van der Waals surface area (Å²) in [4.78, 5) is 16.7. The number of methoxy groups -OCH3 is 1. The molecule has 0 aliphatic rings. The first-order chi connectivity index (χ1) is 11.5. The highest BCUT2D eigenvalue weighted by molar-refractivity contribution is 5.83. The minimum Gasteiger partial charge on any atom is -0.496 e. The Morgan fingerprint density at radius 2 is 1.62 bits per heavy atom. The van der Waals surface area contributed by atoms with Crippen molar-refractivity contribution in [2.75, 3.05) is 34.8 Å². The van der Waals surface area contributed by atoms with Gasteiger partial charge in [-0.15, -0.1) is 0 Å². The van der Waals surface area contributed by atoms with Gasteiger partial charge in [-0.25, -0.2) is 0 Å². The molecule has 2 aromatic rings. The van der Waals surface area contributed by atoms with Gasteiger partial charge in [0.15, 0.2) is 0 Å². The van der Waals surface area contributed by atoms with Crippen molar-refractivity contribution >= 4 is 5.91 Å². The van der Waals surface area contributed by atoms with E-state index in [1.165, 1.54) is 0 Å². The molecule has 0 aliphatic carbocycles. The lowest BCUT2D eigenvalue weighted by Crippen LogP contribution is -2.39. The Kier molecular flexibility index (Phi) is 6.38.